The molecule has 0 atom stereocenters. The number of tetrazole rings is 1. The molecule has 0 radical (unpaired) electrons. The maximum absolute atomic E-state index is 12.2. The van der Waals surface area contributed by atoms with Crippen LogP contribution in [0.25, 0.3) is 0 Å². The maximum atomic E-state index is 12.2. The smallest absolute Gasteiger partial charge is 0.234 e. The fourth-order valence-electron chi connectivity index (χ4n) is 2.30. The second kappa shape index (κ2) is 8.26. The van der Waals surface area contributed by atoms with Gasteiger partial charge in [-0.15, -0.1) is 16.4 Å². The molecular formula is C17H19N5OS2. The molecule has 6 nitrogen and oxygen atoms in total. The third-order valence-electron chi connectivity index (χ3n) is 3.65. The van der Waals surface area contributed by atoms with Crippen LogP contribution in [0.5, 0.6) is 0 Å². The molecule has 2 aromatic heterocycles. The number of nitrogens with one attached hydrogen (secondary N) is 1. The molecule has 0 unspecified atom stereocenters. The summed E-state index contributed by atoms with van der Waals surface area (Å²) in [6.45, 7) is 4.69. The van der Waals surface area contributed by atoms with Gasteiger partial charge in [-0.2, -0.15) is 0 Å². The van der Waals surface area contributed by atoms with E-state index >= 15 is 0 Å². The van der Waals surface area contributed by atoms with E-state index in [0.29, 0.717) is 11.7 Å². The monoisotopic (exact) mass is 373 g/mol. The zero-order valence-corrected chi connectivity index (χ0v) is 15.7. The molecule has 0 fully saturated rings. The van der Waals surface area contributed by atoms with Crippen LogP contribution in [0.4, 0.5) is 5.69 Å². The normalized spacial score (nSPS) is 10.8. The summed E-state index contributed by atoms with van der Waals surface area (Å²) in [5.74, 6) is 0.207. The Labute approximate surface area is 154 Å². The Morgan fingerprint density at radius 1 is 1.32 bits per heavy atom. The highest BCUT2D eigenvalue weighted by Crippen LogP contribution is 2.19. The number of carbonyl (C=O) groups excluding carboxylic acids is 1. The van der Waals surface area contributed by atoms with Crippen molar-refractivity contribution >= 4 is 34.7 Å². The van der Waals surface area contributed by atoms with E-state index in [1.165, 1.54) is 16.6 Å². The van der Waals surface area contributed by atoms with Gasteiger partial charge in [-0.3, -0.25) is 4.79 Å². The van der Waals surface area contributed by atoms with E-state index < -0.39 is 0 Å². The summed E-state index contributed by atoms with van der Waals surface area (Å²) in [5, 5.41) is 17.4. The van der Waals surface area contributed by atoms with Gasteiger partial charge in [0.1, 0.15) is 0 Å². The Kier molecular flexibility index (Phi) is 5.83. The highest BCUT2D eigenvalue weighted by Gasteiger charge is 2.11. The van der Waals surface area contributed by atoms with Crippen molar-refractivity contribution in [3.63, 3.8) is 0 Å². The minimum Gasteiger partial charge on any atom is -0.325 e. The number of anilines is 1. The number of aryl methyl sites for hydroxylation is 4. The standard InChI is InChI=1S/C17H19N5OS2/c1-12-5-6-13(2)15(10-12)18-16(23)11-25-17-19-20-21-22(17)8-7-14-4-3-9-24-14/h3-6,9-10H,7-8,11H2,1-2H3,(H,18,23). The number of aromatic nitrogens is 4. The number of hydrogen-bond acceptors (Lipinski definition) is 6. The van der Waals surface area contributed by atoms with Gasteiger partial charge in [0.2, 0.25) is 11.1 Å². The molecule has 0 spiro atoms. The Hall–Kier alpha value is -2.19. The van der Waals surface area contributed by atoms with Crippen LogP contribution in [0.2, 0.25) is 0 Å². The van der Waals surface area contributed by atoms with Gasteiger partial charge in [0, 0.05) is 17.0 Å². The number of benzene rings is 1. The van der Waals surface area contributed by atoms with Gasteiger partial charge in [-0.25, -0.2) is 4.68 Å². The Balaban J connectivity index is 1.54. The fraction of sp³-hybridized carbons (Fsp3) is 0.294. The van der Waals surface area contributed by atoms with E-state index in [4.69, 9.17) is 0 Å². The summed E-state index contributed by atoms with van der Waals surface area (Å²) in [4.78, 5) is 13.5. The Morgan fingerprint density at radius 3 is 3.00 bits per heavy atom. The zero-order valence-electron chi connectivity index (χ0n) is 14.1. The summed E-state index contributed by atoms with van der Waals surface area (Å²) in [6, 6.07) is 10.1. The lowest BCUT2D eigenvalue weighted by molar-refractivity contribution is -0.113. The van der Waals surface area contributed by atoms with Crippen LogP contribution in [0.1, 0.15) is 16.0 Å². The molecule has 0 saturated heterocycles. The van der Waals surface area contributed by atoms with Crippen molar-refractivity contribution < 1.29 is 4.79 Å². The Morgan fingerprint density at radius 2 is 2.20 bits per heavy atom. The predicted molar refractivity (Wildman–Crippen MR) is 101 cm³/mol. The van der Waals surface area contributed by atoms with E-state index in [1.54, 1.807) is 16.0 Å². The molecule has 2 heterocycles. The van der Waals surface area contributed by atoms with E-state index in [9.17, 15) is 4.79 Å². The van der Waals surface area contributed by atoms with Crippen molar-refractivity contribution in [2.24, 2.45) is 0 Å². The summed E-state index contributed by atoms with van der Waals surface area (Å²) >= 11 is 3.07. The van der Waals surface area contributed by atoms with Gasteiger partial charge in [0.15, 0.2) is 0 Å². The number of amides is 1. The van der Waals surface area contributed by atoms with Crippen molar-refractivity contribution in [3.8, 4) is 0 Å². The average molecular weight is 374 g/mol. The van der Waals surface area contributed by atoms with Gasteiger partial charge >= 0.3 is 0 Å². The van der Waals surface area contributed by atoms with Crippen molar-refractivity contribution in [2.45, 2.75) is 32.0 Å². The first-order valence-corrected chi connectivity index (χ1v) is 9.77. The number of nitrogens with zero attached hydrogens (tertiary/aromatic N) is 4. The quantitative estimate of drug-likeness (QED) is 0.643. The van der Waals surface area contributed by atoms with Crippen LogP contribution in [0.3, 0.4) is 0 Å². The number of carbonyl (C=O) groups is 1. The lowest BCUT2D eigenvalue weighted by Crippen LogP contribution is -2.15. The molecule has 0 aliphatic heterocycles. The van der Waals surface area contributed by atoms with E-state index in [2.05, 4.69) is 32.3 Å². The van der Waals surface area contributed by atoms with Gasteiger partial charge in [-0.1, -0.05) is 30.0 Å². The molecule has 0 saturated carbocycles. The van der Waals surface area contributed by atoms with Crippen LogP contribution in [-0.4, -0.2) is 31.9 Å². The van der Waals surface area contributed by atoms with Crippen LogP contribution in [-0.2, 0) is 17.8 Å². The second-order valence-electron chi connectivity index (χ2n) is 5.67. The van der Waals surface area contributed by atoms with Crippen LogP contribution < -0.4 is 5.32 Å². The van der Waals surface area contributed by atoms with Crippen LogP contribution in [0.15, 0.2) is 40.9 Å². The van der Waals surface area contributed by atoms with Gasteiger partial charge in [0.25, 0.3) is 0 Å². The number of hydrogen-bond donors (Lipinski definition) is 1. The Bertz CT molecular complexity index is 845. The van der Waals surface area contributed by atoms with Crippen molar-refractivity contribution in [1.82, 2.24) is 20.2 Å². The first-order valence-electron chi connectivity index (χ1n) is 7.90. The highest BCUT2D eigenvalue weighted by molar-refractivity contribution is 7.99. The zero-order chi connectivity index (χ0) is 17.6. The summed E-state index contributed by atoms with van der Waals surface area (Å²) in [7, 11) is 0. The third-order valence-corrected chi connectivity index (χ3v) is 5.54. The summed E-state index contributed by atoms with van der Waals surface area (Å²) in [6.07, 6.45) is 0.880. The van der Waals surface area contributed by atoms with Gasteiger partial charge in [0.05, 0.1) is 12.3 Å². The summed E-state index contributed by atoms with van der Waals surface area (Å²) in [5.41, 5.74) is 3.01. The number of thiophene rings is 1. The molecule has 8 heteroatoms. The largest absolute Gasteiger partial charge is 0.325 e. The first-order chi connectivity index (χ1) is 12.1. The fourth-order valence-corrected chi connectivity index (χ4v) is 3.70. The van der Waals surface area contributed by atoms with Crippen LogP contribution >= 0.6 is 23.1 Å². The maximum Gasteiger partial charge on any atom is 0.234 e. The highest BCUT2D eigenvalue weighted by atomic mass is 32.2. The van der Waals surface area contributed by atoms with Gasteiger partial charge < -0.3 is 5.32 Å². The molecule has 130 valence electrons. The van der Waals surface area contributed by atoms with E-state index in [0.717, 1.165) is 23.2 Å². The van der Waals surface area contributed by atoms with Gasteiger partial charge in [-0.05, 0) is 52.9 Å². The molecule has 0 aliphatic rings. The second-order valence-corrected chi connectivity index (χ2v) is 7.64. The molecule has 0 bridgehead atoms. The lowest BCUT2D eigenvalue weighted by Gasteiger charge is -2.09. The molecule has 3 rings (SSSR count). The topological polar surface area (TPSA) is 72.7 Å². The SMILES string of the molecule is Cc1ccc(C)c(NC(=O)CSc2nnnn2CCc2cccs2)c1. The van der Waals surface area contributed by atoms with Crippen molar-refractivity contribution in [1.29, 1.82) is 0 Å². The van der Waals surface area contributed by atoms with Crippen LogP contribution in [0, 0.1) is 13.8 Å². The van der Waals surface area contributed by atoms with E-state index in [-0.39, 0.29) is 11.7 Å². The molecular weight excluding hydrogens is 354 g/mol. The van der Waals surface area contributed by atoms with E-state index in [1.807, 2.05) is 38.1 Å². The molecule has 3 aromatic rings. The predicted octanol–water partition coefficient (Wildman–Crippen LogP) is 3.32. The molecule has 0 aliphatic carbocycles. The molecule has 1 N–H and O–H groups in total. The molecule has 25 heavy (non-hydrogen) atoms. The number of rotatable bonds is 7. The summed E-state index contributed by atoms with van der Waals surface area (Å²) < 4.78 is 1.75. The molecule has 1 amide bonds. The first kappa shape index (κ1) is 17.6. The minimum atomic E-state index is -0.0634. The molecule has 1 aromatic carbocycles. The minimum absolute atomic E-state index is 0.0634. The van der Waals surface area contributed by atoms with Crippen molar-refractivity contribution in [3.05, 3.63) is 51.7 Å². The third kappa shape index (κ3) is 4.90. The lowest BCUT2D eigenvalue weighted by atomic mass is 10.1. The average Bonchev–Trinajstić information content (AvgIpc) is 3.25. The number of thioether (sulfide) groups is 1. The van der Waals surface area contributed by atoms with Crippen molar-refractivity contribution in [2.75, 3.05) is 11.1 Å².